The van der Waals surface area contributed by atoms with Gasteiger partial charge in [0.15, 0.2) is 0 Å². The Morgan fingerprint density at radius 3 is 2.30 bits per heavy atom. The van der Waals surface area contributed by atoms with Gasteiger partial charge in [0.2, 0.25) is 5.01 Å². The SMILES string of the molecule is O=C(NC1CCN(Cc2nnc(C(=O)Nc3ccccc3)s2)CC1)c1ccccc1. The Labute approximate surface area is 179 Å². The number of aromatic nitrogens is 2. The normalized spacial score (nSPS) is 14.9. The molecule has 0 unspecified atom stereocenters. The summed E-state index contributed by atoms with van der Waals surface area (Å²) in [6.45, 7) is 2.39. The van der Waals surface area contributed by atoms with Crippen LogP contribution in [0.15, 0.2) is 60.7 Å². The van der Waals surface area contributed by atoms with E-state index in [0.717, 1.165) is 36.6 Å². The molecule has 2 amide bonds. The topological polar surface area (TPSA) is 87.2 Å². The van der Waals surface area contributed by atoms with E-state index < -0.39 is 0 Å². The standard InChI is InChI=1S/C22H23N5O2S/c28-20(16-7-3-1-4-8-16)23-18-11-13-27(14-12-18)15-19-25-26-22(30-19)21(29)24-17-9-5-2-6-10-17/h1-10,18H,11-15H2,(H,23,28)(H,24,29). The molecule has 1 aliphatic heterocycles. The highest BCUT2D eigenvalue weighted by Gasteiger charge is 2.22. The number of para-hydroxylation sites is 1. The fraction of sp³-hybridized carbons (Fsp3) is 0.273. The van der Waals surface area contributed by atoms with E-state index in [1.165, 1.54) is 11.3 Å². The molecule has 2 N–H and O–H groups in total. The van der Waals surface area contributed by atoms with E-state index in [9.17, 15) is 9.59 Å². The zero-order valence-electron chi connectivity index (χ0n) is 16.5. The highest BCUT2D eigenvalue weighted by atomic mass is 32.1. The molecular weight excluding hydrogens is 398 g/mol. The van der Waals surface area contributed by atoms with Crippen molar-refractivity contribution in [1.82, 2.24) is 20.4 Å². The summed E-state index contributed by atoms with van der Waals surface area (Å²) in [5.74, 6) is -0.264. The van der Waals surface area contributed by atoms with Crippen molar-refractivity contribution in [3.8, 4) is 0 Å². The number of carbonyl (C=O) groups is 2. The maximum atomic E-state index is 12.3. The Balaban J connectivity index is 1.24. The van der Waals surface area contributed by atoms with Crippen molar-refractivity contribution in [1.29, 1.82) is 0 Å². The molecule has 0 radical (unpaired) electrons. The molecule has 1 saturated heterocycles. The number of piperidine rings is 1. The van der Waals surface area contributed by atoms with E-state index >= 15 is 0 Å². The van der Waals surface area contributed by atoms with Crippen molar-refractivity contribution in [2.75, 3.05) is 18.4 Å². The number of nitrogens with zero attached hydrogens (tertiary/aromatic N) is 3. The van der Waals surface area contributed by atoms with Gasteiger partial charge in [-0.25, -0.2) is 0 Å². The van der Waals surface area contributed by atoms with Gasteiger partial charge in [-0.05, 0) is 37.1 Å². The lowest BCUT2D eigenvalue weighted by molar-refractivity contribution is 0.0908. The van der Waals surface area contributed by atoms with Crippen LogP contribution < -0.4 is 10.6 Å². The zero-order chi connectivity index (χ0) is 20.8. The first kappa shape index (κ1) is 20.2. The summed E-state index contributed by atoms with van der Waals surface area (Å²) in [7, 11) is 0. The molecule has 2 aromatic carbocycles. The third kappa shape index (κ3) is 5.28. The molecule has 7 nitrogen and oxygen atoms in total. The van der Waals surface area contributed by atoms with E-state index in [1.807, 2.05) is 60.7 Å². The number of benzene rings is 2. The van der Waals surface area contributed by atoms with Gasteiger partial charge in [-0.15, -0.1) is 10.2 Å². The number of likely N-dealkylation sites (tertiary alicyclic amines) is 1. The third-order valence-electron chi connectivity index (χ3n) is 5.01. The van der Waals surface area contributed by atoms with Gasteiger partial charge in [0.25, 0.3) is 11.8 Å². The number of carbonyl (C=O) groups excluding carboxylic acids is 2. The van der Waals surface area contributed by atoms with Gasteiger partial charge in [-0.1, -0.05) is 47.7 Å². The van der Waals surface area contributed by atoms with Crippen LogP contribution in [0, 0.1) is 0 Å². The van der Waals surface area contributed by atoms with Gasteiger partial charge in [0.05, 0.1) is 6.54 Å². The van der Waals surface area contributed by atoms with Crippen LogP contribution in [0.2, 0.25) is 0 Å². The molecule has 30 heavy (non-hydrogen) atoms. The first-order valence-electron chi connectivity index (χ1n) is 9.94. The van der Waals surface area contributed by atoms with E-state index in [-0.39, 0.29) is 17.9 Å². The van der Waals surface area contributed by atoms with Gasteiger partial charge in [0.1, 0.15) is 5.01 Å². The van der Waals surface area contributed by atoms with E-state index in [0.29, 0.717) is 17.1 Å². The summed E-state index contributed by atoms with van der Waals surface area (Å²) in [6, 6.07) is 18.8. The molecule has 0 bridgehead atoms. The van der Waals surface area contributed by atoms with Crippen LogP contribution in [0.3, 0.4) is 0 Å². The van der Waals surface area contributed by atoms with Crippen molar-refractivity contribution >= 4 is 28.8 Å². The Morgan fingerprint density at radius 2 is 1.60 bits per heavy atom. The molecule has 8 heteroatoms. The average molecular weight is 422 g/mol. The average Bonchev–Trinajstić information content (AvgIpc) is 3.25. The lowest BCUT2D eigenvalue weighted by Gasteiger charge is -2.31. The predicted octanol–water partition coefficient (Wildman–Crippen LogP) is 3.18. The van der Waals surface area contributed by atoms with E-state index in [1.54, 1.807) is 0 Å². The quantitative estimate of drug-likeness (QED) is 0.638. The molecule has 0 saturated carbocycles. The Bertz CT molecular complexity index is 985. The van der Waals surface area contributed by atoms with Crippen LogP contribution >= 0.6 is 11.3 Å². The van der Waals surface area contributed by atoms with Gasteiger partial charge >= 0.3 is 0 Å². The van der Waals surface area contributed by atoms with E-state index in [4.69, 9.17) is 0 Å². The monoisotopic (exact) mass is 421 g/mol. The summed E-state index contributed by atoms with van der Waals surface area (Å²) in [6.07, 6.45) is 1.78. The molecular formula is C22H23N5O2S. The molecule has 1 fully saturated rings. The third-order valence-corrected chi connectivity index (χ3v) is 5.92. The second-order valence-corrected chi connectivity index (χ2v) is 8.27. The molecule has 2 heterocycles. The second kappa shape index (κ2) is 9.60. The first-order valence-corrected chi connectivity index (χ1v) is 10.8. The number of hydrogen-bond donors (Lipinski definition) is 2. The minimum Gasteiger partial charge on any atom is -0.349 e. The molecule has 1 aromatic heterocycles. The molecule has 0 aliphatic carbocycles. The highest BCUT2D eigenvalue weighted by molar-refractivity contribution is 7.13. The molecule has 154 valence electrons. The van der Waals surface area contributed by atoms with Crippen LogP contribution in [0.25, 0.3) is 0 Å². The fourth-order valence-electron chi connectivity index (χ4n) is 3.40. The number of rotatable bonds is 6. The number of anilines is 1. The summed E-state index contributed by atoms with van der Waals surface area (Å²) in [4.78, 5) is 26.9. The number of nitrogens with one attached hydrogen (secondary N) is 2. The van der Waals surface area contributed by atoms with Crippen LogP contribution in [-0.4, -0.2) is 46.0 Å². The fourth-order valence-corrected chi connectivity index (χ4v) is 4.18. The molecule has 0 atom stereocenters. The number of hydrogen-bond acceptors (Lipinski definition) is 6. The first-order chi connectivity index (χ1) is 14.7. The Hall–Kier alpha value is -3.10. The summed E-state index contributed by atoms with van der Waals surface area (Å²) in [5, 5.41) is 15.3. The summed E-state index contributed by atoms with van der Waals surface area (Å²) < 4.78 is 0. The summed E-state index contributed by atoms with van der Waals surface area (Å²) >= 11 is 1.32. The molecule has 3 aromatic rings. The highest BCUT2D eigenvalue weighted by Crippen LogP contribution is 2.18. The van der Waals surface area contributed by atoms with Crippen LogP contribution in [0.5, 0.6) is 0 Å². The maximum Gasteiger partial charge on any atom is 0.286 e. The lowest BCUT2D eigenvalue weighted by atomic mass is 10.0. The molecule has 4 rings (SSSR count). The zero-order valence-corrected chi connectivity index (χ0v) is 17.3. The van der Waals surface area contributed by atoms with Crippen molar-refractivity contribution < 1.29 is 9.59 Å². The Morgan fingerprint density at radius 1 is 0.933 bits per heavy atom. The predicted molar refractivity (Wildman–Crippen MR) is 117 cm³/mol. The Kier molecular flexibility index (Phi) is 6.46. The van der Waals surface area contributed by atoms with Crippen LogP contribution in [0.1, 0.15) is 38.0 Å². The minimum atomic E-state index is -0.243. The minimum absolute atomic E-state index is 0.0211. The largest absolute Gasteiger partial charge is 0.349 e. The smallest absolute Gasteiger partial charge is 0.286 e. The lowest BCUT2D eigenvalue weighted by Crippen LogP contribution is -2.44. The van der Waals surface area contributed by atoms with Crippen molar-refractivity contribution in [2.45, 2.75) is 25.4 Å². The van der Waals surface area contributed by atoms with Crippen LogP contribution in [-0.2, 0) is 6.54 Å². The van der Waals surface area contributed by atoms with Gasteiger partial charge < -0.3 is 10.6 Å². The van der Waals surface area contributed by atoms with Crippen molar-refractivity contribution in [3.05, 3.63) is 76.2 Å². The molecule has 0 spiro atoms. The van der Waals surface area contributed by atoms with Gasteiger partial charge in [0, 0.05) is 30.4 Å². The maximum absolute atomic E-state index is 12.3. The van der Waals surface area contributed by atoms with Crippen LogP contribution in [0.4, 0.5) is 5.69 Å². The molecule has 1 aliphatic rings. The van der Waals surface area contributed by atoms with Gasteiger partial charge in [-0.2, -0.15) is 0 Å². The number of amides is 2. The van der Waals surface area contributed by atoms with E-state index in [2.05, 4.69) is 25.7 Å². The summed E-state index contributed by atoms with van der Waals surface area (Å²) in [5.41, 5.74) is 1.42. The van der Waals surface area contributed by atoms with Gasteiger partial charge in [-0.3, -0.25) is 14.5 Å². The second-order valence-electron chi connectivity index (χ2n) is 7.21. The van der Waals surface area contributed by atoms with Crippen molar-refractivity contribution in [3.63, 3.8) is 0 Å². The van der Waals surface area contributed by atoms with Crippen molar-refractivity contribution in [2.24, 2.45) is 0 Å².